The summed E-state index contributed by atoms with van der Waals surface area (Å²) in [6.07, 6.45) is 1.97. The van der Waals surface area contributed by atoms with E-state index in [1.165, 1.54) is 0 Å². The van der Waals surface area contributed by atoms with Crippen molar-refractivity contribution in [2.75, 3.05) is 12.1 Å². The molecule has 3 aromatic heterocycles. The monoisotopic (exact) mass is 438 g/mol. The third kappa shape index (κ3) is 3.29. The number of imidazole rings is 1. The second-order valence-electron chi connectivity index (χ2n) is 8.33. The van der Waals surface area contributed by atoms with Crippen molar-refractivity contribution in [3.05, 3.63) is 87.8 Å². The predicted molar refractivity (Wildman–Crippen MR) is 128 cm³/mol. The van der Waals surface area contributed by atoms with Gasteiger partial charge >= 0.3 is 0 Å². The highest BCUT2D eigenvalue weighted by Crippen LogP contribution is 2.34. The highest BCUT2D eigenvalue weighted by atomic mass is 16.7. The molecule has 0 bridgehead atoms. The zero-order valence-electron chi connectivity index (χ0n) is 18.3. The van der Waals surface area contributed by atoms with E-state index < -0.39 is 0 Å². The van der Waals surface area contributed by atoms with E-state index in [-0.39, 0.29) is 12.4 Å². The summed E-state index contributed by atoms with van der Waals surface area (Å²) in [6.45, 7) is 4.80. The summed E-state index contributed by atoms with van der Waals surface area (Å²) in [7, 11) is 0. The lowest BCUT2D eigenvalue weighted by Crippen LogP contribution is -2.11. The number of ether oxygens (including phenoxy) is 2. The number of hydrogen-bond acceptors (Lipinski definition) is 5. The molecule has 0 spiro atoms. The Balaban J connectivity index is 1.47. The Morgan fingerprint density at radius 1 is 1.06 bits per heavy atom. The maximum absolute atomic E-state index is 13.1. The van der Waals surface area contributed by atoms with Crippen molar-refractivity contribution in [1.82, 2.24) is 14.4 Å². The summed E-state index contributed by atoms with van der Waals surface area (Å²) in [4.78, 5) is 21.0. The maximum atomic E-state index is 13.1. The topological polar surface area (TPSA) is 80.6 Å². The Hall–Kier alpha value is -4.26. The minimum atomic E-state index is -0.164. The molecule has 164 valence electrons. The van der Waals surface area contributed by atoms with Crippen LogP contribution in [0.3, 0.4) is 0 Å². The van der Waals surface area contributed by atoms with Gasteiger partial charge in [0.2, 0.25) is 6.79 Å². The number of benzene rings is 2. The molecule has 0 fully saturated rings. The number of aryl methyl sites for hydroxylation is 2. The molecule has 2 N–H and O–H groups in total. The summed E-state index contributed by atoms with van der Waals surface area (Å²) < 4.78 is 12.9. The average molecular weight is 438 g/mol. The summed E-state index contributed by atoms with van der Waals surface area (Å²) in [5.41, 5.74) is 5.78. The first kappa shape index (κ1) is 19.4. The fraction of sp³-hybridized carbons (Fsp3) is 0.154. The van der Waals surface area contributed by atoms with Crippen molar-refractivity contribution < 1.29 is 9.47 Å². The Kier molecular flexibility index (Phi) is 4.36. The van der Waals surface area contributed by atoms with Crippen molar-refractivity contribution in [3.8, 4) is 22.8 Å². The molecule has 0 radical (unpaired) electrons. The van der Waals surface area contributed by atoms with Gasteiger partial charge in [-0.05, 0) is 66.3 Å². The van der Waals surface area contributed by atoms with Gasteiger partial charge < -0.3 is 19.8 Å². The molecule has 0 amide bonds. The summed E-state index contributed by atoms with van der Waals surface area (Å²) in [5.74, 6) is 2.26. The molecular weight excluding hydrogens is 416 g/mol. The van der Waals surface area contributed by atoms with E-state index in [0.29, 0.717) is 17.8 Å². The number of aromatic nitrogens is 3. The van der Waals surface area contributed by atoms with Crippen LogP contribution in [0.15, 0.2) is 65.6 Å². The minimum Gasteiger partial charge on any atom is -0.454 e. The fourth-order valence-corrected chi connectivity index (χ4v) is 4.30. The Labute approximate surface area is 189 Å². The molecular formula is C26H22N4O3. The first-order valence-corrected chi connectivity index (χ1v) is 10.8. The third-order valence-electron chi connectivity index (χ3n) is 6.02. The zero-order valence-corrected chi connectivity index (χ0v) is 18.3. The molecule has 0 atom stereocenters. The number of nitrogens with one attached hydrogen (secondary N) is 2. The van der Waals surface area contributed by atoms with Gasteiger partial charge in [0.05, 0.1) is 11.1 Å². The van der Waals surface area contributed by atoms with Crippen LogP contribution in [0.5, 0.6) is 11.5 Å². The predicted octanol–water partition coefficient (Wildman–Crippen LogP) is 4.80. The average Bonchev–Trinajstić information content (AvgIpc) is 3.41. The van der Waals surface area contributed by atoms with Gasteiger partial charge in [0.1, 0.15) is 17.2 Å². The maximum Gasteiger partial charge on any atom is 0.258 e. The van der Waals surface area contributed by atoms with Crippen LogP contribution >= 0.6 is 0 Å². The van der Waals surface area contributed by atoms with E-state index in [1.807, 2.05) is 79.0 Å². The van der Waals surface area contributed by atoms with Crippen LogP contribution in [-0.4, -0.2) is 21.2 Å². The van der Waals surface area contributed by atoms with E-state index in [0.717, 1.165) is 50.6 Å². The van der Waals surface area contributed by atoms with Crippen molar-refractivity contribution in [3.63, 3.8) is 0 Å². The molecule has 2 aromatic carbocycles. The van der Waals surface area contributed by atoms with Crippen LogP contribution in [0.4, 0.5) is 5.82 Å². The number of H-pyrrole nitrogens is 1. The van der Waals surface area contributed by atoms with E-state index in [4.69, 9.17) is 14.5 Å². The Bertz CT molecular complexity index is 1600. The molecule has 5 aromatic rings. The number of hydrogen-bond donors (Lipinski definition) is 2. The molecule has 1 aliphatic rings. The van der Waals surface area contributed by atoms with Gasteiger partial charge in [0.15, 0.2) is 11.5 Å². The van der Waals surface area contributed by atoms with Gasteiger partial charge in [-0.1, -0.05) is 24.3 Å². The first-order chi connectivity index (χ1) is 16.1. The van der Waals surface area contributed by atoms with Crippen LogP contribution in [0.1, 0.15) is 16.7 Å². The first-order valence-electron chi connectivity index (χ1n) is 10.8. The zero-order chi connectivity index (χ0) is 22.5. The van der Waals surface area contributed by atoms with Gasteiger partial charge in [-0.3, -0.25) is 9.20 Å². The Morgan fingerprint density at radius 3 is 2.85 bits per heavy atom. The van der Waals surface area contributed by atoms with Crippen molar-refractivity contribution in [1.29, 1.82) is 0 Å². The van der Waals surface area contributed by atoms with Crippen LogP contribution < -0.4 is 20.3 Å². The van der Waals surface area contributed by atoms with Gasteiger partial charge in [0.25, 0.3) is 5.56 Å². The van der Waals surface area contributed by atoms with E-state index in [9.17, 15) is 4.79 Å². The number of pyridine rings is 2. The second kappa shape index (κ2) is 7.41. The lowest BCUT2D eigenvalue weighted by atomic mass is 10.1. The number of fused-ring (bicyclic) bond motifs is 3. The molecule has 33 heavy (non-hydrogen) atoms. The molecule has 7 heteroatoms. The summed E-state index contributed by atoms with van der Waals surface area (Å²) in [5, 5.41) is 4.47. The fourth-order valence-electron chi connectivity index (χ4n) is 4.30. The van der Waals surface area contributed by atoms with Crippen LogP contribution in [0, 0.1) is 13.8 Å². The van der Waals surface area contributed by atoms with Crippen molar-refractivity contribution in [2.24, 2.45) is 0 Å². The van der Waals surface area contributed by atoms with Gasteiger partial charge in [-0.2, -0.15) is 0 Å². The van der Waals surface area contributed by atoms with Gasteiger partial charge in [0, 0.05) is 12.7 Å². The van der Waals surface area contributed by atoms with Gasteiger partial charge in [-0.25, -0.2) is 4.98 Å². The van der Waals surface area contributed by atoms with E-state index in [1.54, 1.807) is 0 Å². The minimum absolute atomic E-state index is 0.164. The normalized spacial score (nSPS) is 12.5. The van der Waals surface area contributed by atoms with Crippen molar-refractivity contribution >= 4 is 22.4 Å². The number of anilines is 1. The number of rotatable bonds is 4. The number of para-hydroxylation sites is 1. The summed E-state index contributed by atoms with van der Waals surface area (Å²) in [6, 6.07) is 17.8. The lowest BCUT2D eigenvalue weighted by Gasteiger charge is -2.10. The standard InChI is InChI=1S/C26H22N4O3/c1-15-8-9-30-22(10-15)28-24(19-12-18-5-3-4-16(2)23(18)29-26(19)31)25(30)27-13-17-6-7-20-21(11-17)33-14-32-20/h3-12,27H,13-14H2,1-2H3,(H,29,31). The third-order valence-corrected chi connectivity index (χ3v) is 6.02. The van der Waals surface area contributed by atoms with Crippen LogP contribution in [-0.2, 0) is 6.54 Å². The lowest BCUT2D eigenvalue weighted by molar-refractivity contribution is 0.174. The number of nitrogens with zero attached hydrogens (tertiary/aromatic N) is 2. The molecule has 1 aliphatic heterocycles. The molecule has 7 nitrogen and oxygen atoms in total. The highest BCUT2D eigenvalue weighted by Gasteiger charge is 2.19. The highest BCUT2D eigenvalue weighted by molar-refractivity contribution is 5.87. The summed E-state index contributed by atoms with van der Waals surface area (Å²) >= 11 is 0. The van der Waals surface area contributed by atoms with Gasteiger partial charge in [-0.15, -0.1) is 0 Å². The molecule has 0 aliphatic carbocycles. The molecule has 4 heterocycles. The SMILES string of the molecule is Cc1ccn2c(NCc3ccc4c(c3)OCO4)c(-c3cc4cccc(C)c4[nH]c3=O)nc2c1. The number of aromatic amines is 1. The van der Waals surface area contributed by atoms with Crippen LogP contribution in [0.2, 0.25) is 0 Å². The van der Waals surface area contributed by atoms with E-state index in [2.05, 4.69) is 10.3 Å². The molecule has 0 unspecified atom stereocenters. The van der Waals surface area contributed by atoms with E-state index >= 15 is 0 Å². The molecule has 0 saturated heterocycles. The smallest absolute Gasteiger partial charge is 0.258 e. The Morgan fingerprint density at radius 2 is 1.94 bits per heavy atom. The quantitative estimate of drug-likeness (QED) is 0.421. The van der Waals surface area contributed by atoms with Crippen LogP contribution in [0.25, 0.3) is 27.8 Å². The molecule has 0 saturated carbocycles. The molecule has 6 rings (SSSR count). The second-order valence-corrected chi connectivity index (χ2v) is 8.33. The van der Waals surface area contributed by atoms with Crippen molar-refractivity contribution in [2.45, 2.75) is 20.4 Å². The largest absolute Gasteiger partial charge is 0.454 e.